The van der Waals surface area contributed by atoms with E-state index in [1.54, 1.807) is 6.07 Å². The molecule has 1 N–H and O–H groups in total. The smallest absolute Gasteiger partial charge is 0.404 e. The van der Waals surface area contributed by atoms with E-state index in [0.717, 1.165) is 12.1 Å². The summed E-state index contributed by atoms with van der Waals surface area (Å²) in [4.78, 5) is -0.634. The largest absolute Gasteiger partial charge is 0.573 e. The second kappa shape index (κ2) is 5.90. The Morgan fingerprint density at radius 2 is 1.95 bits per heavy atom. The van der Waals surface area contributed by atoms with Crippen LogP contribution in [0.1, 0.15) is 6.42 Å². The fourth-order valence-electron chi connectivity index (χ4n) is 1.20. The van der Waals surface area contributed by atoms with Crippen molar-refractivity contribution in [2.24, 2.45) is 0 Å². The van der Waals surface area contributed by atoms with Gasteiger partial charge in [0.25, 0.3) is 0 Å². The molecule has 0 bridgehead atoms. The van der Waals surface area contributed by atoms with E-state index in [1.807, 2.05) is 4.72 Å². The van der Waals surface area contributed by atoms with Crippen molar-refractivity contribution in [1.82, 2.24) is 4.72 Å². The molecule has 1 rings (SSSR count). The van der Waals surface area contributed by atoms with E-state index < -0.39 is 27.0 Å². The molecule has 0 saturated heterocycles. The van der Waals surface area contributed by atoms with E-state index in [4.69, 9.17) is 5.26 Å². The molecule has 0 heterocycles. The number of halogens is 3. The van der Waals surface area contributed by atoms with Crippen molar-refractivity contribution >= 4 is 10.0 Å². The molecule has 0 aromatic heterocycles. The first-order valence-electron chi connectivity index (χ1n) is 4.97. The summed E-state index contributed by atoms with van der Waals surface area (Å²) in [6.45, 7) is -0.195. The van der Waals surface area contributed by atoms with Gasteiger partial charge in [-0.15, -0.1) is 13.2 Å². The quantitative estimate of drug-likeness (QED) is 0.839. The van der Waals surface area contributed by atoms with Gasteiger partial charge in [-0.05, 0) is 12.1 Å². The molecule has 19 heavy (non-hydrogen) atoms. The Hall–Kier alpha value is -1.79. The van der Waals surface area contributed by atoms with Crippen LogP contribution in [-0.2, 0) is 10.0 Å². The summed E-state index contributed by atoms with van der Waals surface area (Å²) in [5.74, 6) is -0.820. The van der Waals surface area contributed by atoms with Crippen LogP contribution in [0.25, 0.3) is 0 Å². The first-order valence-corrected chi connectivity index (χ1v) is 6.46. The van der Waals surface area contributed by atoms with Gasteiger partial charge in [-0.3, -0.25) is 0 Å². The number of nitrogens with zero attached hydrogens (tertiary/aromatic N) is 1. The monoisotopic (exact) mass is 294 g/mol. The summed E-state index contributed by atoms with van der Waals surface area (Å²) in [7, 11) is -4.16. The van der Waals surface area contributed by atoms with Crippen LogP contribution in [0.4, 0.5) is 13.2 Å². The molecule has 0 aliphatic rings. The van der Waals surface area contributed by atoms with E-state index in [-0.39, 0.29) is 13.0 Å². The van der Waals surface area contributed by atoms with E-state index in [2.05, 4.69) is 4.74 Å². The lowest BCUT2D eigenvalue weighted by Gasteiger charge is -2.13. The Kier molecular flexibility index (Phi) is 4.74. The summed E-state index contributed by atoms with van der Waals surface area (Å²) in [6, 6.07) is 6.07. The number of hydrogen-bond acceptors (Lipinski definition) is 4. The van der Waals surface area contributed by atoms with Gasteiger partial charge in [0.05, 0.1) is 6.07 Å². The minimum atomic E-state index is -4.99. The second-order valence-electron chi connectivity index (χ2n) is 3.30. The van der Waals surface area contributed by atoms with E-state index >= 15 is 0 Å². The van der Waals surface area contributed by atoms with Crippen molar-refractivity contribution in [3.8, 4) is 11.8 Å². The highest BCUT2D eigenvalue weighted by molar-refractivity contribution is 7.89. The van der Waals surface area contributed by atoms with Crippen LogP contribution in [0.5, 0.6) is 5.75 Å². The third kappa shape index (κ3) is 4.76. The maximum absolute atomic E-state index is 12.1. The highest BCUT2D eigenvalue weighted by atomic mass is 32.2. The van der Waals surface area contributed by atoms with Crippen LogP contribution in [0.15, 0.2) is 29.2 Å². The maximum Gasteiger partial charge on any atom is 0.573 e. The summed E-state index contributed by atoms with van der Waals surface area (Å²) >= 11 is 0. The molecule has 0 saturated carbocycles. The zero-order chi connectivity index (χ0) is 14.5. The molecule has 0 aliphatic carbocycles. The van der Waals surface area contributed by atoms with Crippen molar-refractivity contribution < 1.29 is 26.3 Å². The van der Waals surface area contributed by atoms with Crippen molar-refractivity contribution in [2.45, 2.75) is 17.7 Å². The van der Waals surface area contributed by atoms with Gasteiger partial charge in [-0.1, -0.05) is 12.1 Å². The van der Waals surface area contributed by atoms with Gasteiger partial charge in [0.1, 0.15) is 10.6 Å². The zero-order valence-electron chi connectivity index (χ0n) is 9.44. The molecule has 0 atom stereocenters. The number of sulfonamides is 1. The number of alkyl halides is 3. The molecular formula is C10H9F3N2O3S. The standard InChI is InChI=1S/C10H9F3N2O3S/c11-10(12,13)18-8-4-1-2-5-9(8)19(16,17)15-7-3-6-14/h1-2,4-5,15H,3,7H2. The van der Waals surface area contributed by atoms with E-state index in [1.165, 1.54) is 12.1 Å². The van der Waals surface area contributed by atoms with Crippen LogP contribution in [0, 0.1) is 11.3 Å². The third-order valence-electron chi connectivity index (χ3n) is 1.89. The SMILES string of the molecule is N#CCCNS(=O)(=O)c1ccccc1OC(F)(F)F. The zero-order valence-corrected chi connectivity index (χ0v) is 10.3. The highest BCUT2D eigenvalue weighted by Gasteiger charge is 2.33. The Morgan fingerprint density at radius 1 is 1.32 bits per heavy atom. The molecular weight excluding hydrogens is 285 g/mol. The number of ether oxygens (including phenoxy) is 1. The molecule has 0 radical (unpaired) electrons. The summed E-state index contributed by atoms with van der Waals surface area (Å²) < 4.78 is 65.5. The first kappa shape index (κ1) is 15.3. The molecule has 0 spiro atoms. The van der Waals surface area contributed by atoms with Gasteiger partial charge in [-0.25, -0.2) is 13.1 Å². The van der Waals surface area contributed by atoms with Crippen LogP contribution in [-0.4, -0.2) is 21.3 Å². The van der Waals surface area contributed by atoms with Crippen LogP contribution in [0.2, 0.25) is 0 Å². The molecule has 0 aliphatic heterocycles. The van der Waals surface area contributed by atoms with Crippen LogP contribution >= 0.6 is 0 Å². The number of hydrogen-bond donors (Lipinski definition) is 1. The minimum Gasteiger partial charge on any atom is -0.404 e. The Labute approximate surface area is 107 Å². The van der Waals surface area contributed by atoms with Gasteiger partial charge in [-0.2, -0.15) is 5.26 Å². The summed E-state index contributed by atoms with van der Waals surface area (Å²) in [5, 5.41) is 8.28. The molecule has 5 nitrogen and oxygen atoms in total. The Balaban J connectivity index is 3.03. The lowest BCUT2D eigenvalue weighted by Crippen LogP contribution is -2.26. The molecule has 104 valence electrons. The lowest BCUT2D eigenvalue weighted by molar-refractivity contribution is -0.275. The van der Waals surface area contributed by atoms with Gasteiger partial charge >= 0.3 is 6.36 Å². The predicted molar refractivity (Wildman–Crippen MR) is 58.5 cm³/mol. The van der Waals surface area contributed by atoms with Crippen LogP contribution in [0.3, 0.4) is 0 Å². The van der Waals surface area contributed by atoms with Crippen molar-refractivity contribution in [3.05, 3.63) is 24.3 Å². The molecule has 1 aromatic rings. The second-order valence-corrected chi connectivity index (χ2v) is 5.04. The molecule has 9 heteroatoms. The summed E-state index contributed by atoms with van der Waals surface area (Å²) in [6.07, 6.45) is -5.08. The van der Waals surface area contributed by atoms with Crippen molar-refractivity contribution in [2.75, 3.05) is 6.54 Å². The average molecular weight is 294 g/mol. The molecule has 0 unspecified atom stereocenters. The van der Waals surface area contributed by atoms with Gasteiger partial charge in [0.15, 0.2) is 0 Å². The first-order chi connectivity index (χ1) is 8.76. The fraction of sp³-hybridized carbons (Fsp3) is 0.300. The number of nitriles is 1. The number of rotatable bonds is 5. The number of nitrogens with one attached hydrogen (secondary N) is 1. The minimum absolute atomic E-state index is 0.0957. The predicted octanol–water partition coefficient (Wildman–Crippen LogP) is 1.78. The topological polar surface area (TPSA) is 79.2 Å². The van der Waals surface area contributed by atoms with E-state index in [9.17, 15) is 21.6 Å². The Bertz CT molecular complexity index is 578. The number of para-hydroxylation sites is 1. The molecule has 1 aromatic carbocycles. The average Bonchev–Trinajstić information content (AvgIpc) is 2.27. The molecule has 0 amide bonds. The van der Waals surface area contributed by atoms with Crippen molar-refractivity contribution in [1.29, 1.82) is 5.26 Å². The van der Waals surface area contributed by atoms with Gasteiger partial charge in [0.2, 0.25) is 10.0 Å². The third-order valence-corrected chi connectivity index (χ3v) is 3.39. The highest BCUT2D eigenvalue weighted by Crippen LogP contribution is 2.29. The normalized spacial score (nSPS) is 11.9. The van der Waals surface area contributed by atoms with Gasteiger partial charge < -0.3 is 4.74 Å². The fourth-order valence-corrected chi connectivity index (χ4v) is 2.36. The molecule has 0 fully saturated rings. The Morgan fingerprint density at radius 3 is 2.53 bits per heavy atom. The maximum atomic E-state index is 12.1. The van der Waals surface area contributed by atoms with Crippen molar-refractivity contribution in [3.63, 3.8) is 0 Å². The lowest BCUT2D eigenvalue weighted by atomic mass is 10.3. The summed E-state index contributed by atoms with van der Waals surface area (Å²) in [5.41, 5.74) is 0. The number of benzene rings is 1. The van der Waals surface area contributed by atoms with Gasteiger partial charge in [0, 0.05) is 13.0 Å². The van der Waals surface area contributed by atoms with Crippen LogP contribution < -0.4 is 9.46 Å². The van der Waals surface area contributed by atoms with E-state index in [0.29, 0.717) is 0 Å².